The van der Waals surface area contributed by atoms with Crippen LogP contribution in [0.2, 0.25) is 0 Å². The normalized spacial score (nSPS) is 24.7. The summed E-state index contributed by atoms with van der Waals surface area (Å²) in [5.74, 6) is 0. The molecule has 2 rings (SSSR count). The molecule has 0 amide bonds. The highest BCUT2D eigenvalue weighted by atomic mass is 19.4. The van der Waals surface area contributed by atoms with Crippen molar-refractivity contribution < 1.29 is 13.2 Å². The molecule has 5 heteroatoms. The highest BCUT2D eigenvalue weighted by Gasteiger charge is 2.56. The Morgan fingerprint density at radius 3 is 2.20 bits per heavy atom. The molecule has 1 heterocycles. The van der Waals surface area contributed by atoms with Crippen LogP contribution in [0.1, 0.15) is 5.56 Å². The molecule has 0 N–H and O–H groups in total. The molecule has 0 aromatic heterocycles. The summed E-state index contributed by atoms with van der Waals surface area (Å²) in [6.45, 7) is 0. The molecule has 0 bridgehead atoms. The van der Waals surface area contributed by atoms with Gasteiger partial charge >= 0.3 is 6.18 Å². The van der Waals surface area contributed by atoms with Crippen LogP contribution in [0, 0.1) is 0 Å². The van der Waals surface area contributed by atoms with E-state index in [1.165, 1.54) is 12.1 Å². The van der Waals surface area contributed by atoms with Crippen LogP contribution in [0.4, 0.5) is 13.2 Å². The Morgan fingerprint density at radius 2 is 1.73 bits per heavy atom. The van der Waals surface area contributed by atoms with Gasteiger partial charge in [0.25, 0.3) is 0 Å². The van der Waals surface area contributed by atoms with Crippen molar-refractivity contribution in [1.82, 2.24) is 0 Å². The quantitative estimate of drug-likeness (QED) is 0.681. The highest BCUT2D eigenvalue weighted by molar-refractivity contribution is 5.33. The number of hydrogen-bond acceptors (Lipinski definition) is 2. The van der Waals surface area contributed by atoms with Gasteiger partial charge in [0.1, 0.15) is 0 Å². The van der Waals surface area contributed by atoms with Crippen molar-refractivity contribution >= 4 is 0 Å². The van der Waals surface area contributed by atoms with Crippen LogP contribution < -0.4 is 0 Å². The van der Waals surface area contributed by atoms with Gasteiger partial charge in [-0.25, -0.2) is 0 Å². The van der Waals surface area contributed by atoms with Crippen LogP contribution in [0.25, 0.3) is 0 Å². The Hall–Kier alpha value is -1.65. The van der Waals surface area contributed by atoms with E-state index in [1.54, 1.807) is 18.2 Å². The number of alkyl halides is 3. The van der Waals surface area contributed by atoms with Crippen molar-refractivity contribution in [1.29, 1.82) is 0 Å². The van der Waals surface area contributed by atoms with E-state index in [2.05, 4.69) is 10.2 Å². The van der Waals surface area contributed by atoms with E-state index < -0.39 is 11.7 Å². The third-order valence-electron chi connectivity index (χ3n) is 2.24. The molecule has 15 heavy (non-hydrogen) atoms. The van der Waals surface area contributed by atoms with E-state index in [9.17, 15) is 13.2 Å². The zero-order valence-corrected chi connectivity index (χ0v) is 7.57. The molecular weight excluding hydrogens is 205 g/mol. The predicted molar refractivity (Wildman–Crippen MR) is 48.2 cm³/mol. The summed E-state index contributed by atoms with van der Waals surface area (Å²) in [4.78, 5) is 0. The largest absolute Gasteiger partial charge is 0.423 e. The molecule has 0 spiro atoms. The Balaban J connectivity index is 2.55. The topological polar surface area (TPSA) is 24.7 Å². The molecule has 78 valence electrons. The second-order valence-electron chi connectivity index (χ2n) is 3.16. The van der Waals surface area contributed by atoms with E-state index in [0.29, 0.717) is 0 Å². The van der Waals surface area contributed by atoms with Crippen molar-refractivity contribution in [3.63, 3.8) is 0 Å². The van der Waals surface area contributed by atoms with Crippen LogP contribution in [-0.2, 0) is 5.54 Å². The minimum absolute atomic E-state index is 0.0787. The number of benzene rings is 1. The van der Waals surface area contributed by atoms with Gasteiger partial charge in [0.15, 0.2) is 0 Å². The molecule has 1 atom stereocenters. The fraction of sp³-hybridized carbons (Fsp3) is 0.200. The smallest absolute Gasteiger partial charge is 0.168 e. The molecule has 1 aromatic carbocycles. The molecule has 1 aliphatic rings. The average molecular weight is 212 g/mol. The van der Waals surface area contributed by atoms with Gasteiger partial charge in [-0.2, -0.15) is 23.4 Å². The first-order valence-electron chi connectivity index (χ1n) is 4.28. The third-order valence-corrected chi connectivity index (χ3v) is 2.24. The lowest BCUT2D eigenvalue weighted by atomic mass is 9.90. The van der Waals surface area contributed by atoms with Gasteiger partial charge in [-0.05, 0) is 11.6 Å². The molecule has 0 saturated heterocycles. The van der Waals surface area contributed by atoms with Crippen LogP contribution >= 0.6 is 0 Å². The lowest BCUT2D eigenvalue weighted by Gasteiger charge is -2.25. The Kier molecular flexibility index (Phi) is 2.10. The second kappa shape index (κ2) is 3.18. The van der Waals surface area contributed by atoms with Gasteiger partial charge in [0, 0.05) is 6.20 Å². The summed E-state index contributed by atoms with van der Waals surface area (Å²) < 4.78 is 38.7. The summed E-state index contributed by atoms with van der Waals surface area (Å²) in [7, 11) is 0. The highest BCUT2D eigenvalue weighted by Crippen LogP contribution is 2.45. The fourth-order valence-corrected chi connectivity index (χ4v) is 1.46. The molecule has 1 aliphatic heterocycles. The Morgan fingerprint density at radius 1 is 1.07 bits per heavy atom. The van der Waals surface area contributed by atoms with Gasteiger partial charge in [0.05, 0.1) is 0 Å². The molecule has 0 radical (unpaired) electrons. The summed E-state index contributed by atoms with van der Waals surface area (Å²) in [5, 5.41) is 6.60. The van der Waals surface area contributed by atoms with Crippen LogP contribution in [0.5, 0.6) is 0 Å². The molecule has 1 unspecified atom stereocenters. The van der Waals surface area contributed by atoms with Gasteiger partial charge in [-0.3, -0.25) is 0 Å². The van der Waals surface area contributed by atoms with Crippen molar-refractivity contribution in [2.45, 2.75) is 11.7 Å². The molecule has 0 fully saturated rings. The van der Waals surface area contributed by atoms with Gasteiger partial charge in [-0.1, -0.05) is 30.3 Å². The van der Waals surface area contributed by atoms with Crippen molar-refractivity contribution in [2.75, 3.05) is 0 Å². The zero-order valence-electron chi connectivity index (χ0n) is 7.57. The van der Waals surface area contributed by atoms with E-state index in [1.807, 2.05) is 0 Å². The maximum absolute atomic E-state index is 12.9. The summed E-state index contributed by atoms with van der Waals surface area (Å²) >= 11 is 0. The zero-order chi connectivity index (χ0) is 10.9. The monoisotopic (exact) mass is 212 g/mol. The summed E-state index contributed by atoms with van der Waals surface area (Å²) in [6, 6.07) is 7.53. The molecule has 0 aliphatic carbocycles. The number of rotatable bonds is 1. The van der Waals surface area contributed by atoms with E-state index in [-0.39, 0.29) is 5.56 Å². The van der Waals surface area contributed by atoms with Crippen molar-refractivity contribution in [3.8, 4) is 0 Å². The summed E-state index contributed by atoms with van der Waals surface area (Å²) in [6.07, 6.45) is -2.44. The SMILES string of the molecule is FC(F)(F)C1(c2ccccc2)C=CN=N1. The maximum Gasteiger partial charge on any atom is 0.423 e. The first-order chi connectivity index (χ1) is 7.06. The van der Waals surface area contributed by atoms with E-state index >= 15 is 0 Å². The Bertz CT molecular complexity index is 394. The molecule has 1 aromatic rings. The van der Waals surface area contributed by atoms with E-state index in [4.69, 9.17) is 0 Å². The van der Waals surface area contributed by atoms with Crippen LogP contribution in [0.3, 0.4) is 0 Å². The number of halogens is 3. The number of nitrogens with zero attached hydrogens (tertiary/aromatic N) is 2. The van der Waals surface area contributed by atoms with Crippen molar-refractivity contribution in [3.05, 3.63) is 48.2 Å². The fourth-order valence-electron chi connectivity index (χ4n) is 1.46. The molecule has 2 nitrogen and oxygen atoms in total. The van der Waals surface area contributed by atoms with Crippen molar-refractivity contribution in [2.24, 2.45) is 10.2 Å². The minimum Gasteiger partial charge on any atom is -0.168 e. The molecule has 0 saturated carbocycles. The predicted octanol–water partition coefficient (Wildman–Crippen LogP) is 3.42. The third kappa shape index (κ3) is 1.44. The minimum atomic E-state index is -4.47. The Labute approximate surface area is 84.1 Å². The average Bonchev–Trinajstić information content (AvgIpc) is 2.68. The molecular formula is C10H7F3N2. The number of azo groups is 1. The van der Waals surface area contributed by atoms with Crippen LogP contribution in [0.15, 0.2) is 52.8 Å². The lowest BCUT2D eigenvalue weighted by Crippen LogP contribution is -2.37. The summed E-state index contributed by atoms with van der Waals surface area (Å²) in [5.41, 5.74) is -2.22. The standard InChI is InChI=1S/C10H7F3N2/c11-10(12,13)9(6-7-14-15-9)8-4-2-1-3-5-8/h1-7H. The van der Waals surface area contributed by atoms with Gasteiger partial charge < -0.3 is 0 Å². The van der Waals surface area contributed by atoms with E-state index in [0.717, 1.165) is 12.3 Å². The first kappa shape index (κ1) is 9.89. The van der Waals surface area contributed by atoms with Crippen LogP contribution in [-0.4, -0.2) is 6.18 Å². The lowest BCUT2D eigenvalue weighted by molar-refractivity contribution is -0.174. The van der Waals surface area contributed by atoms with Gasteiger partial charge in [0.2, 0.25) is 5.54 Å². The first-order valence-corrected chi connectivity index (χ1v) is 4.28. The second-order valence-corrected chi connectivity index (χ2v) is 3.16. The maximum atomic E-state index is 12.9. The van der Waals surface area contributed by atoms with Gasteiger partial charge in [-0.15, -0.1) is 0 Å². The number of hydrogen-bond donors (Lipinski definition) is 0.